The van der Waals surface area contributed by atoms with Gasteiger partial charge in [0.2, 0.25) is 5.91 Å². The Morgan fingerprint density at radius 3 is 2.74 bits per heavy atom. The van der Waals surface area contributed by atoms with Gasteiger partial charge in [-0.25, -0.2) is 0 Å². The molecule has 0 bridgehead atoms. The zero-order valence-corrected chi connectivity index (χ0v) is 16.1. The Morgan fingerprint density at radius 2 is 2.04 bits per heavy atom. The average Bonchev–Trinajstić information content (AvgIpc) is 3.06. The highest BCUT2D eigenvalue weighted by atomic mass is 16.5. The number of nitrogens with one attached hydrogen (secondary N) is 2. The predicted molar refractivity (Wildman–Crippen MR) is 104 cm³/mol. The lowest BCUT2D eigenvalue weighted by atomic mass is 10.0. The SMILES string of the molecule is COc1ccc(-c2n[nH]c(C)c2CC(=O)NCCCN2CCOCC2)cc1. The highest BCUT2D eigenvalue weighted by Gasteiger charge is 2.16. The zero-order chi connectivity index (χ0) is 19.1. The number of carbonyl (C=O) groups excluding carboxylic acids is 1. The Morgan fingerprint density at radius 1 is 1.30 bits per heavy atom. The summed E-state index contributed by atoms with van der Waals surface area (Å²) in [5, 5.41) is 10.4. The van der Waals surface area contributed by atoms with Crippen LogP contribution in [0.3, 0.4) is 0 Å². The average molecular weight is 372 g/mol. The summed E-state index contributed by atoms with van der Waals surface area (Å²) in [7, 11) is 1.64. The summed E-state index contributed by atoms with van der Waals surface area (Å²) in [6.45, 7) is 7.19. The summed E-state index contributed by atoms with van der Waals surface area (Å²) in [6.07, 6.45) is 1.27. The van der Waals surface area contributed by atoms with Crippen LogP contribution in [0.15, 0.2) is 24.3 Å². The molecule has 3 rings (SSSR count). The van der Waals surface area contributed by atoms with Gasteiger partial charge in [0.25, 0.3) is 0 Å². The number of aromatic amines is 1. The Labute approximate surface area is 160 Å². The molecule has 7 heteroatoms. The molecule has 146 valence electrons. The minimum absolute atomic E-state index is 0.0243. The lowest BCUT2D eigenvalue weighted by Gasteiger charge is -2.26. The van der Waals surface area contributed by atoms with Crippen LogP contribution < -0.4 is 10.1 Å². The van der Waals surface area contributed by atoms with Crippen LogP contribution in [-0.4, -0.2) is 67.5 Å². The van der Waals surface area contributed by atoms with E-state index in [4.69, 9.17) is 9.47 Å². The Hall–Kier alpha value is -2.38. The first-order chi connectivity index (χ1) is 13.2. The number of methoxy groups -OCH3 is 1. The molecule has 2 N–H and O–H groups in total. The summed E-state index contributed by atoms with van der Waals surface area (Å²) in [5.74, 6) is 0.821. The number of hydrogen-bond donors (Lipinski definition) is 2. The smallest absolute Gasteiger partial charge is 0.224 e. The van der Waals surface area contributed by atoms with Gasteiger partial charge in [0.1, 0.15) is 5.75 Å². The van der Waals surface area contributed by atoms with Crippen LogP contribution >= 0.6 is 0 Å². The number of carbonyl (C=O) groups is 1. The van der Waals surface area contributed by atoms with E-state index >= 15 is 0 Å². The van der Waals surface area contributed by atoms with Crippen molar-refractivity contribution >= 4 is 5.91 Å². The fraction of sp³-hybridized carbons (Fsp3) is 0.500. The Balaban J connectivity index is 1.52. The molecule has 0 saturated carbocycles. The van der Waals surface area contributed by atoms with Crippen LogP contribution in [-0.2, 0) is 16.0 Å². The first-order valence-corrected chi connectivity index (χ1v) is 9.42. The van der Waals surface area contributed by atoms with Gasteiger partial charge in [0.05, 0.1) is 32.4 Å². The van der Waals surface area contributed by atoms with Crippen molar-refractivity contribution in [3.8, 4) is 17.0 Å². The number of rotatable bonds is 8. The first-order valence-electron chi connectivity index (χ1n) is 9.42. The fourth-order valence-corrected chi connectivity index (χ4v) is 3.23. The summed E-state index contributed by atoms with van der Waals surface area (Å²) in [5.41, 5.74) is 3.64. The highest BCUT2D eigenvalue weighted by Crippen LogP contribution is 2.26. The van der Waals surface area contributed by atoms with Crippen molar-refractivity contribution in [3.05, 3.63) is 35.5 Å². The second kappa shape index (κ2) is 9.53. The zero-order valence-electron chi connectivity index (χ0n) is 16.1. The second-order valence-corrected chi connectivity index (χ2v) is 6.74. The Bertz CT molecular complexity index is 736. The predicted octanol–water partition coefficient (Wildman–Crippen LogP) is 1.77. The molecular formula is C20H28N4O3. The van der Waals surface area contributed by atoms with Crippen molar-refractivity contribution in [2.24, 2.45) is 0 Å². The molecule has 0 radical (unpaired) electrons. The van der Waals surface area contributed by atoms with Gasteiger partial charge in [0.15, 0.2) is 0 Å². The highest BCUT2D eigenvalue weighted by molar-refractivity contribution is 5.81. The molecule has 0 aliphatic carbocycles. The molecule has 1 aliphatic heterocycles. The van der Waals surface area contributed by atoms with Crippen LogP contribution in [0.5, 0.6) is 5.75 Å². The van der Waals surface area contributed by atoms with Crippen molar-refractivity contribution in [1.29, 1.82) is 0 Å². The van der Waals surface area contributed by atoms with Crippen LogP contribution in [0.4, 0.5) is 0 Å². The summed E-state index contributed by atoms with van der Waals surface area (Å²) in [6, 6.07) is 7.71. The summed E-state index contributed by atoms with van der Waals surface area (Å²) in [4.78, 5) is 14.8. The number of hydrogen-bond acceptors (Lipinski definition) is 5. The van der Waals surface area contributed by atoms with Gasteiger partial charge in [-0.3, -0.25) is 14.8 Å². The van der Waals surface area contributed by atoms with Gasteiger partial charge in [-0.15, -0.1) is 0 Å². The maximum atomic E-state index is 12.4. The number of aromatic nitrogens is 2. The van der Waals surface area contributed by atoms with Gasteiger partial charge in [-0.05, 0) is 44.2 Å². The molecule has 1 saturated heterocycles. The van der Waals surface area contributed by atoms with Crippen molar-refractivity contribution < 1.29 is 14.3 Å². The normalized spacial score (nSPS) is 14.9. The quantitative estimate of drug-likeness (QED) is 0.691. The first kappa shape index (κ1) is 19.4. The van der Waals surface area contributed by atoms with E-state index in [-0.39, 0.29) is 5.91 Å². The molecule has 0 unspecified atom stereocenters. The van der Waals surface area contributed by atoms with Crippen molar-refractivity contribution in [2.45, 2.75) is 19.8 Å². The maximum absolute atomic E-state index is 12.4. The van der Waals surface area contributed by atoms with Crippen LogP contribution in [0.2, 0.25) is 0 Å². The topological polar surface area (TPSA) is 79.5 Å². The second-order valence-electron chi connectivity index (χ2n) is 6.74. The van der Waals surface area contributed by atoms with Gasteiger partial charge in [0, 0.05) is 36.5 Å². The van der Waals surface area contributed by atoms with Gasteiger partial charge < -0.3 is 14.8 Å². The van der Waals surface area contributed by atoms with E-state index < -0.39 is 0 Å². The van der Waals surface area contributed by atoms with Crippen molar-refractivity contribution in [2.75, 3.05) is 46.5 Å². The van der Waals surface area contributed by atoms with E-state index in [0.717, 1.165) is 67.5 Å². The van der Waals surface area contributed by atoms with E-state index in [1.807, 2.05) is 31.2 Å². The molecule has 1 amide bonds. The number of benzene rings is 1. The van der Waals surface area contributed by atoms with E-state index in [2.05, 4.69) is 20.4 Å². The molecule has 1 aromatic carbocycles. The lowest BCUT2D eigenvalue weighted by Crippen LogP contribution is -2.38. The van der Waals surface area contributed by atoms with Crippen molar-refractivity contribution in [3.63, 3.8) is 0 Å². The molecule has 2 aromatic rings. The number of amides is 1. The number of H-pyrrole nitrogens is 1. The van der Waals surface area contributed by atoms with Gasteiger partial charge >= 0.3 is 0 Å². The molecule has 1 aromatic heterocycles. The number of ether oxygens (including phenoxy) is 2. The van der Waals surface area contributed by atoms with E-state index in [1.165, 1.54) is 0 Å². The minimum Gasteiger partial charge on any atom is -0.497 e. The van der Waals surface area contributed by atoms with Gasteiger partial charge in [-0.1, -0.05) is 0 Å². The molecule has 1 aliphatic rings. The third-order valence-electron chi connectivity index (χ3n) is 4.85. The van der Waals surface area contributed by atoms with Crippen LogP contribution in [0, 0.1) is 6.92 Å². The fourth-order valence-electron chi connectivity index (χ4n) is 3.23. The summed E-state index contributed by atoms with van der Waals surface area (Å²) < 4.78 is 10.5. The van der Waals surface area contributed by atoms with Crippen LogP contribution in [0.25, 0.3) is 11.3 Å². The molecule has 7 nitrogen and oxygen atoms in total. The third kappa shape index (κ3) is 5.30. The summed E-state index contributed by atoms with van der Waals surface area (Å²) >= 11 is 0. The number of aryl methyl sites for hydroxylation is 1. The molecule has 27 heavy (non-hydrogen) atoms. The van der Waals surface area contributed by atoms with Gasteiger partial charge in [-0.2, -0.15) is 5.10 Å². The monoisotopic (exact) mass is 372 g/mol. The minimum atomic E-state index is 0.0243. The number of morpholine rings is 1. The van der Waals surface area contributed by atoms with E-state index in [1.54, 1.807) is 7.11 Å². The largest absolute Gasteiger partial charge is 0.497 e. The third-order valence-corrected chi connectivity index (χ3v) is 4.85. The van der Waals surface area contributed by atoms with E-state index in [9.17, 15) is 4.79 Å². The molecule has 0 atom stereocenters. The Kier molecular flexibility index (Phi) is 6.84. The molecular weight excluding hydrogens is 344 g/mol. The molecule has 2 heterocycles. The molecule has 1 fully saturated rings. The lowest BCUT2D eigenvalue weighted by molar-refractivity contribution is -0.120. The number of nitrogens with zero attached hydrogens (tertiary/aromatic N) is 2. The maximum Gasteiger partial charge on any atom is 0.224 e. The van der Waals surface area contributed by atoms with Crippen molar-refractivity contribution in [1.82, 2.24) is 20.4 Å². The molecule has 0 spiro atoms. The standard InChI is InChI=1S/C20H28N4O3/c1-15-18(20(23-22-15)16-4-6-17(26-2)7-5-16)14-19(25)21-8-3-9-24-10-12-27-13-11-24/h4-7H,3,8-14H2,1-2H3,(H,21,25)(H,22,23). The van der Waals surface area contributed by atoms with E-state index in [0.29, 0.717) is 13.0 Å². The van der Waals surface area contributed by atoms with Crippen LogP contribution in [0.1, 0.15) is 17.7 Å².